The highest BCUT2D eigenvalue weighted by atomic mass is 16.6. The lowest BCUT2D eigenvalue weighted by Gasteiger charge is -2.20. The van der Waals surface area contributed by atoms with Crippen molar-refractivity contribution in [2.45, 2.75) is 19.9 Å². The van der Waals surface area contributed by atoms with Crippen LogP contribution in [0.2, 0.25) is 0 Å². The SMILES string of the molecule is CCN(CCCO)Cc1ccc([N+](=O)[O-])c(N)c1. The Kier molecular flexibility index (Phi) is 5.54. The van der Waals surface area contributed by atoms with Crippen LogP contribution < -0.4 is 5.73 Å². The molecule has 18 heavy (non-hydrogen) atoms. The van der Waals surface area contributed by atoms with Crippen LogP contribution in [0.25, 0.3) is 0 Å². The van der Waals surface area contributed by atoms with E-state index in [4.69, 9.17) is 10.8 Å². The summed E-state index contributed by atoms with van der Waals surface area (Å²) in [7, 11) is 0. The van der Waals surface area contributed by atoms with E-state index in [-0.39, 0.29) is 18.0 Å². The molecule has 1 aromatic carbocycles. The third-order valence-electron chi connectivity index (χ3n) is 2.77. The fraction of sp³-hybridized carbons (Fsp3) is 0.500. The number of nitrogens with zero attached hydrogens (tertiary/aromatic N) is 2. The molecular formula is C12H19N3O3. The second-order valence-corrected chi connectivity index (χ2v) is 4.10. The number of nitro groups is 1. The third-order valence-corrected chi connectivity index (χ3v) is 2.77. The van der Waals surface area contributed by atoms with Crippen molar-refractivity contribution in [3.05, 3.63) is 33.9 Å². The standard InChI is InChI=1S/C12H19N3O3/c1-2-14(6-3-7-16)9-10-4-5-12(15(17)18)11(13)8-10/h4-5,8,16H,2-3,6-7,9,13H2,1H3. The average Bonchev–Trinajstić information content (AvgIpc) is 2.34. The van der Waals surface area contributed by atoms with Crippen LogP contribution in [0.1, 0.15) is 18.9 Å². The fourth-order valence-electron chi connectivity index (χ4n) is 1.77. The van der Waals surface area contributed by atoms with E-state index in [0.717, 1.165) is 25.1 Å². The Bertz CT molecular complexity index is 410. The van der Waals surface area contributed by atoms with Crippen molar-refractivity contribution in [1.82, 2.24) is 4.90 Å². The lowest BCUT2D eigenvalue weighted by Crippen LogP contribution is -2.24. The molecule has 1 rings (SSSR count). The van der Waals surface area contributed by atoms with Gasteiger partial charge < -0.3 is 10.8 Å². The van der Waals surface area contributed by atoms with Crippen LogP contribution in [0.15, 0.2) is 18.2 Å². The predicted molar refractivity (Wildman–Crippen MR) is 70.2 cm³/mol. The maximum absolute atomic E-state index is 10.6. The Balaban J connectivity index is 2.72. The Hall–Kier alpha value is -1.66. The smallest absolute Gasteiger partial charge is 0.292 e. The molecule has 0 aliphatic rings. The molecule has 0 aliphatic carbocycles. The molecule has 6 heteroatoms. The van der Waals surface area contributed by atoms with Gasteiger partial charge in [0.1, 0.15) is 5.69 Å². The number of aliphatic hydroxyl groups is 1. The van der Waals surface area contributed by atoms with Crippen LogP contribution in [-0.2, 0) is 6.54 Å². The van der Waals surface area contributed by atoms with Gasteiger partial charge in [0.05, 0.1) is 4.92 Å². The minimum Gasteiger partial charge on any atom is -0.396 e. The molecule has 0 radical (unpaired) electrons. The summed E-state index contributed by atoms with van der Waals surface area (Å²) >= 11 is 0. The number of nitro benzene ring substituents is 1. The molecule has 0 saturated heterocycles. The molecule has 0 fully saturated rings. The maximum atomic E-state index is 10.6. The van der Waals surface area contributed by atoms with Crippen LogP contribution in [0.4, 0.5) is 11.4 Å². The first-order chi connectivity index (χ1) is 8.58. The predicted octanol–water partition coefficient (Wildman–Crippen LogP) is 1.38. The van der Waals surface area contributed by atoms with E-state index in [0.29, 0.717) is 6.54 Å². The first-order valence-corrected chi connectivity index (χ1v) is 5.94. The molecule has 0 aliphatic heterocycles. The molecule has 0 amide bonds. The lowest BCUT2D eigenvalue weighted by atomic mass is 10.1. The molecular weight excluding hydrogens is 234 g/mol. The molecule has 0 saturated carbocycles. The van der Waals surface area contributed by atoms with Crippen LogP contribution in [-0.4, -0.2) is 34.6 Å². The molecule has 100 valence electrons. The highest BCUT2D eigenvalue weighted by Crippen LogP contribution is 2.22. The second-order valence-electron chi connectivity index (χ2n) is 4.10. The van der Waals surface area contributed by atoms with Gasteiger partial charge >= 0.3 is 0 Å². The van der Waals surface area contributed by atoms with Gasteiger partial charge in [0, 0.05) is 25.8 Å². The number of anilines is 1. The van der Waals surface area contributed by atoms with E-state index in [1.54, 1.807) is 12.1 Å². The van der Waals surface area contributed by atoms with Gasteiger partial charge in [-0.1, -0.05) is 13.0 Å². The van der Waals surface area contributed by atoms with Gasteiger partial charge in [0.2, 0.25) is 0 Å². The number of aliphatic hydroxyl groups excluding tert-OH is 1. The molecule has 3 N–H and O–H groups in total. The van der Waals surface area contributed by atoms with E-state index in [9.17, 15) is 10.1 Å². The number of benzene rings is 1. The van der Waals surface area contributed by atoms with Gasteiger partial charge in [-0.25, -0.2) is 0 Å². The number of nitrogens with two attached hydrogens (primary N) is 1. The zero-order valence-corrected chi connectivity index (χ0v) is 10.5. The Labute approximate surface area is 106 Å². The largest absolute Gasteiger partial charge is 0.396 e. The molecule has 0 aromatic heterocycles. The zero-order valence-electron chi connectivity index (χ0n) is 10.5. The summed E-state index contributed by atoms with van der Waals surface area (Å²) in [4.78, 5) is 12.3. The van der Waals surface area contributed by atoms with Crippen molar-refractivity contribution in [3.8, 4) is 0 Å². The van der Waals surface area contributed by atoms with Crippen molar-refractivity contribution in [1.29, 1.82) is 0 Å². The van der Waals surface area contributed by atoms with Gasteiger partial charge in [-0.2, -0.15) is 0 Å². The monoisotopic (exact) mass is 253 g/mol. The maximum Gasteiger partial charge on any atom is 0.292 e. The van der Waals surface area contributed by atoms with Crippen LogP contribution >= 0.6 is 0 Å². The molecule has 0 bridgehead atoms. The summed E-state index contributed by atoms with van der Waals surface area (Å²) < 4.78 is 0. The summed E-state index contributed by atoms with van der Waals surface area (Å²) in [6.45, 7) is 4.53. The molecule has 0 spiro atoms. The van der Waals surface area contributed by atoms with Crippen molar-refractivity contribution in [2.24, 2.45) is 0 Å². The number of hydrogen-bond donors (Lipinski definition) is 2. The van der Waals surface area contributed by atoms with Gasteiger partial charge in [-0.3, -0.25) is 15.0 Å². The van der Waals surface area contributed by atoms with E-state index >= 15 is 0 Å². The van der Waals surface area contributed by atoms with Crippen molar-refractivity contribution in [3.63, 3.8) is 0 Å². The lowest BCUT2D eigenvalue weighted by molar-refractivity contribution is -0.383. The second kappa shape index (κ2) is 6.93. The summed E-state index contributed by atoms with van der Waals surface area (Å²) in [5.41, 5.74) is 6.71. The first kappa shape index (κ1) is 14.4. The van der Waals surface area contributed by atoms with Crippen LogP contribution in [0.5, 0.6) is 0 Å². The van der Waals surface area contributed by atoms with Gasteiger partial charge in [0.15, 0.2) is 0 Å². The summed E-state index contributed by atoms with van der Waals surface area (Å²) in [5, 5.41) is 19.4. The average molecular weight is 253 g/mol. The quantitative estimate of drug-likeness (QED) is 0.435. The zero-order chi connectivity index (χ0) is 13.5. The number of hydrogen-bond acceptors (Lipinski definition) is 5. The highest BCUT2D eigenvalue weighted by molar-refractivity contribution is 5.59. The van der Waals surface area contributed by atoms with Crippen molar-refractivity contribution >= 4 is 11.4 Å². The normalized spacial score (nSPS) is 10.8. The molecule has 0 unspecified atom stereocenters. The molecule has 0 atom stereocenters. The Morgan fingerprint density at radius 2 is 2.22 bits per heavy atom. The highest BCUT2D eigenvalue weighted by Gasteiger charge is 2.12. The number of rotatable bonds is 7. The van der Waals surface area contributed by atoms with Crippen LogP contribution in [0.3, 0.4) is 0 Å². The Morgan fingerprint density at radius 1 is 1.50 bits per heavy atom. The molecule has 1 aromatic rings. The number of nitrogen functional groups attached to an aromatic ring is 1. The van der Waals surface area contributed by atoms with Gasteiger partial charge in [-0.05, 0) is 24.6 Å². The van der Waals surface area contributed by atoms with E-state index in [1.807, 2.05) is 6.92 Å². The Morgan fingerprint density at radius 3 is 2.72 bits per heavy atom. The van der Waals surface area contributed by atoms with E-state index < -0.39 is 4.92 Å². The molecule has 6 nitrogen and oxygen atoms in total. The summed E-state index contributed by atoms with van der Waals surface area (Å²) in [6, 6.07) is 4.79. The first-order valence-electron chi connectivity index (χ1n) is 5.94. The van der Waals surface area contributed by atoms with E-state index in [2.05, 4.69) is 4.90 Å². The van der Waals surface area contributed by atoms with Crippen LogP contribution in [0, 0.1) is 10.1 Å². The van der Waals surface area contributed by atoms with E-state index in [1.165, 1.54) is 6.07 Å². The topological polar surface area (TPSA) is 92.6 Å². The minimum atomic E-state index is -0.484. The summed E-state index contributed by atoms with van der Waals surface area (Å²) in [5.74, 6) is 0. The summed E-state index contributed by atoms with van der Waals surface area (Å²) in [6.07, 6.45) is 0.719. The third kappa shape index (κ3) is 3.97. The van der Waals surface area contributed by atoms with Gasteiger partial charge in [-0.15, -0.1) is 0 Å². The van der Waals surface area contributed by atoms with Gasteiger partial charge in [0.25, 0.3) is 5.69 Å². The minimum absolute atomic E-state index is 0.0582. The van der Waals surface area contributed by atoms with Crippen molar-refractivity contribution < 1.29 is 10.0 Å². The fourth-order valence-corrected chi connectivity index (χ4v) is 1.77. The van der Waals surface area contributed by atoms with Crippen molar-refractivity contribution in [2.75, 3.05) is 25.4 Å². The molecule has 0 heterocycles.